The summed E-state index contributed by atoms with van der Waals surface area (Å²) >= 11 is 0. The van der Waals surface area contributed by atoms with Crippen LogP contribution in [0.5, 0.6) is 0 Å². The molecular formula is C18H23N5O2. The molecule has 25 heavy (non-hydrogen) atoms. The highest BCUT2D eigenvalue weighted by Crippen LogP contribution is 2.15. The predicted octanol–water partition coefficient (Wildman–Crippen LogP) is 1.19. The van der Waals surface area contributed by atoms with Gasteiger partial charge in [-0.25, -0.2) is 4.68 Å². The van der Waals surface area contributed by atoms with Crippen LogP contribution in [-0.2, 0) is 0 Å². The van der Waals surface area contributed by atoms with E-state index in [-0.39, 0.29) is 17.3 Å². The lowest BCUT2D eigenvalue weighted by molar-refractivity contribution is 0.0941. The second-order valence-corrected chi connectivity index (χ2v) is 6.31. The van der Waals surface area contributed by atoms with Crippen LogP contribution >= 0.6 is 0 Å². The molecule has 0 spiro atoms. The molecule has 3 N–H and O–H groups in total. The zero-order valence-corrected chi connectivity index (χ0v) is 14.3. The van der Waals surface area contributed by atoms with Crippen molar-refractivity contribution in [2.75, 3.05) is 19.6 Å². The molecular weight excluding hydrogens is 318 g/mol. The lowest BCUT2D eigenvalue weighted by atomic mass is 10.2. The number of amides is 2. The summed E-state index contributed by atoms with van der Waals surface area (Å²) in [5.41, 5.74) is 6.48. The standard InChI is InChI=1S/C18H23N5O2/c1-13-6-5-10-22(13)11-9-20-18(25)15-12-16(17(19)24)23(21-15)14-7-3-2-4-8-14/h2-4,7-8,12-13H,5-6,9-11H2,1H3,(H2,19,24)(H,20,25). The van der Waals surface area contributed by atoms with Gasteiger partial charge in [-0.15, -0.1) is 0 Å². The molecule has 0 radical (unpaired) electrons. The Morgan fingerprint density at radius 2 is 2.08 bits per heavy atom. The zero-order valence-electron chi connectivity index (χ0n) is 14.3. The molecule has 1 aliphatic rings. The number of nitrogens with two attached hydrogens (primary N) is 1. The molecule has 1 atom stereocenters. The van der Waals surface area contributed by atoms with Crippen molar-refractivity contribution in [1.29, 1.82) is 0 Å². The van der Waals surface area contributed by atoms with Gasteiger partial charge in [0.25, 0.3) is 11.8 Å². The maximum absolute atomic E-state index is 12.4. The fourth-order valence-corrected chi connectivity index (χ4v) is 3.16. The van der Waals surface area contributed by atoms with Crippen LogP contribution in [0.25, 0.3) is 5.69 Å². The molecule has 2 amide bonds. The summed E-state index contributed by atoms with van der Waals surface area (Å²) in [6.45, 7) is 4.64. The number of likely N-dealkylation sites (tertiary alicyclic amines) is 1. The second kappa shape index (κ2) is 7.48. The summed E-state index contributed by atoms with van der Waals surface area (Å²) in [7, 11) is 0. The van der Waals surface area contributed by atoms with Crippen molar-refractivity contribution in [2.45, 2.75) is 25.8 Å². The topological polar surface area (TPSA) is 93.3 Å². The monoisotopic (exact) mass is 341 g/mol. The predicted molar refractivity (Wildman–Crippen MR) is 94.7 cm³/mol. The van der Waals surface area contributed by atoms with Gasteiger partial charge in [0.2, 0.25) is 0 Å². The number of nitrogens with one attached hydrogen (secondary N) is 1. The van der Waals surface area contributed by atoms with E-state index >= 15 is 0 Å². The molecule has 7 heteroatoms. The van der Waals surface area contributed by atoms with Gasteiger partial charge in [-0.2, -0.15) is 5.10 Å². The molecule has 0 bridgehead atoms. The molecule has 2 heterocycles. The Morgan fingerprint density at radius 3 is 2.72 bits per heavy atom. The van der Waals surface area contributed by atoms with E-state index in [1.807, 2.05) is 18.2 Å². The minimum Gasteiger partial charge on any atom is -0.364 e. The number of aromatic nitrogens is 2. The van der Waals surface area contributed by atoms with Crippen LogP contribution in [0.15, 0.2) is 36.4 Å². The molecule has 0 saturated carbocycles. The second-order valence-electron chi connectivity index (χ2n) is 6.31. The average Bonchev–Trinajstić information content (AvgIpc) is 3.22. The van der Waals surface area contributed by atoms with Gasteiger partial charge < -0.3 is 11.1 Å². The van der Waals surface area contributed by atoms with E-state index in [0.717, 1.165) is 13.1 Å². The molecule has 1 saturated heterocycles. The van der Waals surface area contributed by atoms with E-state index in [2.05, 4.69) is 22.2 Å². The van der Waals surface area contributed by atoms with Gasteiger partial charge >= 0.3 is 0 Å². The molecule has 2 aromatic rings. The Morgan fingerprint density at radius 1 is 1.32 bits per heavy atom. The van der Waals surface area contributed by atoms with E-state index in [1.54, 1.807) is 12.1 Å². The van der Waals surface area contributed by atoms with Gasteiger partial charge in [0, 0.05) is 25.2 Å². The molecule has 3 rings (SSSR count). The molecule has 1 aliphatic heterocycles. The molecule has 1 aromatic heterocycles. The van der Waals surface area contributed by atoms with Crippen molar-refractivity contribution in [1.82, 2.24) is 20.0 Å². The fraction of sp³-hybridized carbons (Fsp3) is 0.389. The maximum atomic E-state index is 12.4. The molecule has 0 aliphatic carbocycles. The average molecular weight is 341 g/mol. The van der Waals surface area contributed by atoms with Crippen LogP contribution in [0, 0.1) is 0 Å². The minimum atomic E-state index is -0.624. The van der Waals surface area contributed by atoms with Crippen molar-refractivity contribution in [3.8, 4) is 5.69 Å². The van der Waals surface area contributed by atoms with E-state index in [0.29, 0.717) is 18.3 Å². The quantitative estimate of drug-likeness (QED) is 0.825. The summed E-state index contributed by atoms with van der Waals surface area (Å²) in [5, 5.41) is 7.13. The summed E-state index contributed by atoms with van der Waals surface area (Å²) in [4.78, 5) is 26.4. The normalized spacial score (nSPS) is 17.6. The number of carbonyl (C=O) groups is 2. The van der Waals surface area contributed by atoms with Crippen LogP contribution in [-0.4, -0.2) is 52.2 Å². The highest BCUT2D eigenvalue weighted by Gasteiger charge is 2.21. The molecule has 1 unspecified atom stereocenters. The first-order valence-corrected chi connectivity index (χ1v) is 8.54. The van der Waals surface area contributed by atoms with Crippen LogP contribution in [0.1, 0.15) is 40.7 Å². The Labute approximate surface area is 146 Å². The molecule has 7 nitrogen and oxygen atoms in total. The van der Waals surface area contributed by atoms with Crippen LogP contribution in [0.2, 0.25) is 0 Å². The Balaban J connectivity index is 1.69. The number of nitrogens with zero attached hydrogens (tertiary/aromatic N) is 3. The summed E-state index contributed by atoms with van der Waals surface area (Å²) in [6, 6.07) is 11.1. The van der Waals surface area contributed by atoms with Gasteiger partial charge in [0.05, 0.1) is 5.69 Å². The minimum absolute atomic E-state index is 0.185. The number of hydrogen-bond donors (Lipinski definition) is 2. The first kappa shape index (κ1) is 17.2. The Bertz CT molecular complexity index is 756. The smallest absolute Gasteiger partial charge is 0.271 e. The van der Waals surface area contributed by atoms with Crippen molar-refractivity contribution >= 4 is 11.8 Å². The lowest BCUT2D eigenvalue weighted by Gasteiger charge is -2.20. The van der Waals surface area contributed by atoms with E-state index in [1.165, 1.54) is 23.6 Å². The number of primary amides is 1. The fourth-order valence-electron chi connectivity index (χ4n) is 3.16. The van der Waals surface area contributed by atoms with E-state index in [9.17, 15) is 9.59 Å². The molecule has 1 fully saturated rings. The van der Waals surface area contributed by atoms with E-state index < -0.39 is 5.91 Å². The van der Waals surface area contributed by atoms with Crippen molar-refractivity contribution in [2.24, 2.45) is 5.73 Å². The van der Waals surface area contributed by atoms with Gasteiger partial charge in [-0.1, -0.05) is 18.2 Å². The number of carbonyl (C=O) groups excluding carboxylic acids is 2. The van der Waals surface area contributed by atoms with Gasteiger partial charge in [-0.3, -0.25) is 14.5 Å². The van der Waals surface area contributed by atoms with E-state index in [4.69, 9.17) is 5.73 Å². The Hall–Kier alpha value is -2.67. The van der Waals surface area contributed by atoms with Gasteiger partial charge in [0.1, 0.15) is 5.69 Å². The van der Waals surface area contributed by atoms with Crippen molar-refractivity contribution < 1.29 is 9.59 Å². The maximum Gasteiger partial charge on any atom is 0.271 e. The first-order valence-electron chi connectivity index (χ1n) is 8.54. The number of rotatable bonds is 6. The third-order valence-corrected chi connectivity index (χ3v) is 4.57. The SMILES string of the molecule is CC1CCCN1CCNC(=O)c1cc(C(N)=O)n(-c2ccccc2)n1. The summed E-state index contributed by atoms with van der Waals surface area (Å²) < 4.78 is 1.40. The highest BCUT2D eigenvalue weighted by molar-refractivity contribution is 5.97. The van der Waals surface area contributed by atoms with Gasteiger partial charge in [-0.05, 0) is 38.4 Å². The highest BCUT2D eigenvalue weighted by atomic mass is 16.2. The lowest BCUT2D eigenvalue weighted by Crippen LogP contribution is -2.36. The van der Waals surface area contributed by atoms with Crippen LogP contribution in [0.4, 0.5) is 0 Å². The third kappa shape index (κ3) is 3.88. The van der Waals surface area contributed by atoms with Crippen molar-refractivity contribution in [3.63, 3.8) is 0 Å². The summed E-state index contributed by atoms with van der Waals surface area (Å²) in [5.74, 6) is -0.926. The summed E-state index contributed by atoms with van der Waals surface area (Å²) in [6.07, 6.45) is 2.41. The van der Waals surface area contributed by atoms with Crippen LogP contribution in [0.3, 0.4) is 0 Å². The molecule has 1 aromatic carbocycles. The number of para-hydroxylation sites is 1. The largest absolute Gasteiger partial charge is 0.364 e. The number of hydrogen-bond acceptors (Lipinski definition) is 4. The van der Waals surface area contributed by atoms with Crippen molar-refractivity contribution in [3.05, 3.63) is 47.8 Å². The van der Waals surface area contributed by atoms with Gasteiger partial charge in [0.15, 0.2) is 5.69 Å². The van der Waals surface area contributed by atoms with Crippen LogP contribution < -0.4 is 11.1 Å². The Kier molecular flexibility index (Phi) is 5.14. The number of benzene rings is 1. The molecule has 132 valence electrons. The first-order chi connectivity index (χ1) is 12.1. The zero-order chi connectivity index (χ0) is 17.8. The third-order valence-electron chi connectivity index (χ3n) is 4.57.